The summed E-state index contributed by atoms with van der Waals surface area (Å²) in [5.74, 6) is -0.785. The molecule has 0 saturated carbocycles. The van der Waals surface area contributed by atoms with Crippen LogP contribution in [-0.2, 0) is 14.8 Å². The van der Waals surface area contributed by atoms with Crippen LogP contribution in [0.15, 0.2) is 75.4 Å². The Morgan fingerprint density at radius 2 is 1.86 bits per heavy atom. The standard InChI is InChI=1S/C19H16N2O5S2/c1-2-10-21-18(24)17(11-13-8-9-14(22)12-16(13)23)27-19(21)20-28(25,26)15-6-4-3-5-7-15/h2-9,11-12,22-23H,1,10H2/b17-11-,20-19+. The highest BCUT2D eigenvalue weighted by Gasteiger charge is 2.34. The van der Waals surface area contributed by atoms with E-state index < -0.39 is 15.9 Å². The van der Waals surface area contributed by atoms with E-state index in [2.05, 4.69) is 11.0 Å². The fourth-order valence-corrected chi connectivity index (χ4v) is 4.61. The lowest BCUT2D eigenvalue weighted by atomic mass is 10.1. The molecular formula is C19H16N2O5S2. The van der Waals surface area contributed by atoms with E-state index >= 15 is 0 Å². The van der Waals surface area contributed by atoms with Crippen LogP contribution < -0.4 is 0 Å². The molecule has 1 aliphatic rings. The molecule has 7 nitrogen and oxygen atoms in total. The van der Waals surface area contributed by atoms with Crippen molar-refractivity contribution in [2.75, 3.05) is 6.54 Å². The summed E-state index contributed by atoms with van der Waals surface area (Å²) < 4.78 is 28.9. The Morgan fingerprint density at radius 1 is 1.14 bits per heavy atom. The number of phenols is 2. The molecule has 1 heterocycles. The van der Waals surface area contributed by atoms with Gasteiger partial charge in [0.1, 0.15) is 11.5 Å². The van der Waals surface area contributed by atoms with E-state index in [1.54, 1.807) is 18.2 Å². The monoisotopic (exact) mass is 416 g/mol. The number of benzene rings is 2. The van der Waals surface area contributed by atoms with Crippen LogP contribution in [-0.4, -0.2) is 41.2 Å². The number of amides is 1. The van der Waals surface area contributed by atoms with Gasteiger partial charge in [-0.25, -0.2) is 0 Å². The van der Waals surface area contributed by atoms with E-state index in [1.807, 2.05) is 0 Å². The van der Waals surface area contributed by atoms with Gasteiger partial charge in [0.05, 0.1) is 9.80 Å². The maximum Gasteiger partial charge on any atom is 0.284 e. The third-order valence-electron chi connectivity index (χ3n) is 3.74. The minimum atomic E-state index is -4.00. The predicted molar refractivity (Wildman–Crippen MR) is 108 cm³/mol. The highest BCUT2D eigenvalue weighted by Crippen LogP contribution is 2.35. The van der Waals surface area contributed by atoms with Crippen LogP contribution in [0.25, 0.3) is 6.08 Å². The van der Waals surface area contributed by atoms with Gasteiger partial charge < -0.3 is 10.2 Å². The van der Waals surface area contributed by atoms with Gasteiger partial charge in [-0.3, -0.25) is 9.69 Å². The number of phenolic OH excluding ortho intramolecular Hbond substituents is 2. The lowest BCUT2D eigenvalue weighted by Crippen LogP contribution is -2.29. The minimum Gasteiger partial charge on any atom is -0.508 e. The van der Waals surface area contributed by atoms with Crippen LogP contribution >= 0.6 is 11.8 Å². The highest BCUT2D eigenvalue weighted by atomic mass is 32.2. The topological polar surface area (TPSA) is 107 Å². The third kappa shape index (κ3) is 4.10. The number of carbonyl (C=O) groups excluding carboxylic acids is 1. The van der Waals surface area contributed by atoms with Gasteiger partial charge in [0, 0.05) is 18.2 Å². The molecule has 1 amide bonds. The van der Waals surface area contributed by atoms with Crippen LogP contribution in [0, 0.1) is 0 Å². The molecule has 2 aromatic carbocycles. The van der Waals surface area contributed by atoms with E-state index in [0.717, 1.165) is 17.8 Å². The Morgan fingerprint density at radius 3 is 2.50 bits per heavy atom. The van der Waals surface area contributed by atoms with Crippen molar-refractivity contribution < 1.29 is 23.4 Å². The van der Waals surface area contributed by atoms with E-state index in [9.17, 15) is 23.4 Å². The molecule has 0 atom stereocenters. The predicted octanol–water partition coefficient (Wildman–Crippen LogP) is 2.95. The van der Waals surface area contributed by atoms with Crippen LogP contribution in [0.2, 0.25) is 0 Å². The van der Waals surface area contributed by atoms with E-state index in [-0.39, 0.29) is 33.0 Å². The Labute approximate surface area is 166 Å². The average Bonchev–Trinajstić information content (AvgIpc) is 2.93. The van der Waals surface area contributed by atoms with Gasteiger partial charge in [-0.1, -0.05) is 24.3 Å². The second-order valence-corrected chi connectivity index (χ2v) is 8.33. The number of carbonyl (C=O) groups is 1. The molecule has 9 heteroatoms. The Kier molecular flexibility index (Phi) is 5.57. The fraction of sp³-hybridized carbons (Fsp3) is 0.0526. The zero-order chi connectivity index (χ0) is 20.3. The first-order valence-electron chi connectivity index (χ1n) is 8.06. The molecule has 28 heavy (non-hydrogen) atoms. The van der Waals surface area contributed by atoms with Gasteiger partial charge in [0.15, 0.2) is 5.17 Å². The van der Waals surface area contributed by atoms with E-state index in [0.29, 0.717) is 5.56 Å². The number of aromatic hydroxyl groups is 2. The van der Waals surface area contributed by atoms with Gasteiger partial charge in [-0.05, 0) is 42.1 Å². The number of sulfonamides is 1. The summed E-state index contributed by atoms with van der Waals surface area (Å²) in [6, 6.07) is 11.7. The number of hydrogen-bond donors (Lipinski definition) is 2. The van der Waals surface area contributed by atoms with Gasteiger partial charge in [-0.2, -0.15) is 8.42 Å². The summed E-state index contributed by atoms with van der Waals surface area (Å²) in [6.45, 7) is 3.66. The molecule has 1 saturated heterocycles. The largest absolute Gasteiger partial charge is 0.508 e. The van der Waals surface area contributed by atoms with Crippen LogP contribution in [0.5, 0.6) is 11.5 Å². The first kappa shape index (κ1) is 19.7. The molecule has 1 fully saturated rings. The van der Waals surface area contributed by atoms with Gasteiger partial charge in [0.25, 0.3) is 15.9 Å². The smallest absolute Gasteiger partial charge is 0.284 e. The number of thioether (sulfide) groups is 1. The summed E-state index contributed by atoms with van der Waals surface area (Å²) in [5.41, 5.74) is 0.305. The molecule has 2 N–H and O–H groups in total. The molecule has 0 radical (unpaired) electrons. The molecule has 0 aromatic heterocycles. The van der Waals surface area contributed by atoms with Crippen LogP contribution in [0.4, 0.5) is 0 Å². The molecule has 144 valence electrons. The van der Waals surface area contributed by atoms with Crippen LogP contribution in [0.1, 0.15) is 5.56 Å². The Bertz CT molecular complexity index is 1090. The SMILES string of the molecule is C=CCN1C(=O)/C(=C/c2ccc(O)cc2O)S/C1=N/S(=O)(=O)c1ccccc1. The molecule has 0 unspecified atom stereocenters. The second-order valence-electron chi connectivity index (χ2n) is 5.72. The van der Waals surface area contributed by atoms with Gasteiger partial charge in [-0.15, -0.1) is 11.0 Å². The normalized spacial score (nSPS) is 17.4. The average molecular weight is 416 g/mol. The molecule has 3 rings (SSSR count). The van der Waals surface area contributed by atoms with Crippen molar-refractivity contribution in [1.82, 2.24) is 4.90 Å². The number of amidine groups is 1. The van der Waals surface area contributed by atoms with E-state index in [4.69, 9.17) is 0 Å². The van der Waals surface area contributed by atoms with Crippen molar-refractivity contribution in [1.29, 1.82) is 0 Å². The Hall–Kier alpha value is -3.04. The maximum atomic E-state index is 12.7. The maximum absolute atomic E-state index is 12.7. The number of nitrogens with zero attached hydrogens (tertiary/aromatic N) is 2. The van der Waals surface area contributed by atoms with Crippen molar-refractivity contribution in [3.05, 3.63) is 71.7 Å². The van der Waals surface area contributed by atoms with Gasteiger partial charge in [0.2, 0.25) is 0 Å². The zero-order valence-corrected chi connectivity index (χ0v) is 16.2. The van der Waals surface area contributed by atoms with Crippen molar-refractivity contribution in [3.8, 4) is 11.5 Å². The van der Waals surface area contributed by atoms with Crippen molar-refractivity contribution in [2.45, 2.75) is 4.90 Å². The molecule has 0 spiro atoms. The minimum absolute atomic E-state index is 0.00160. The second kappa shape index (κ2) is 7.91. The number of rotatable bonds is 5. The highest BCUT2D eigenvalue weighted by molar-refractivity contribution is 8.19. The first-order chi connectivity index (χ1) is 13.3. The number of hydrogen-bond acceptors (Lipinski definition) is 6. The molecular weight excluding hydrogens is 400 g/mol. The fourth-order valence-electron chi connectivity index (χ4n) is 2.41. The van der Waals surface area contributed by atoms with Crippen LogP contribution in [0.3, 0.4) is 0 Å². The summed E-state index contributed by atoms with van der Waals surface area (Å²) in [5, 5.41) is 19.3. The van der Waals surface area contributed by atoms with Crippen molar-refractivity contribution in [2.24, 2.45) is 4.40 Å². The summed E-state index contributed by atoms with van der Waals surface area (Å²) in [4.78, 5) is 14.1. The molecule has 0 aliphatic carbocycles. The van der Waals surface area contributed by atoms with E-state index in [1.165, 1.54) is 41.3 Å². The summed E-state index contributed by atoms with van der Waals surface area (Å²) in [7, 11) is -4.00. The zero-order valence-electron chi connectivity index (χ0n) is 14.5. The first-order valence-corrected chi connectivity index (χ1v) is 10.3. The lowest BCUT2D eigenvalue weighted by Gasteiger charge is -2.12. The summed E-state index contributed by atoms with van der Waals surface area (Å²) in [6.07, 6.45) is 2.87. The van der Waals surface area contributed by atoms with Crippen molar-refractivity contribution in [3.63, 3.8) is 0 Å². The Balaban J connectivity index is 2.01. The van der Waals surface area contributed by atoms with Crippen molar-refractivity contribution >= 4 is 38.9 Å². The third-order valence-corrected chi connectivity index (χ3v) is 6.14. The van der Waals surface area contributed by atoms with Gasteiger partial charge >= 0.3 is 0 Å². The quantitative estimate of drug-likeness (QED) is 0.573. The lowest BCUT2D eigenvalue weighted by molar-refractivity contribution is -0.121. The molecule has 1 aliphatic heterocycles. The molecule has 2 aromatic rings. The summed E-state index contributed by atoms with van der Waals surface area (Å²) >= 11 is 0.883. The molecule has 0 bridgehead atoms.